The summed E-state index contributed by atoms with van der Waals surface area (Å²) in [5.74, 6) is 0. The second-order valence-corrected chi connectivity index (χ2v) is 5.91. The monoisotopic (exact) mass is 357 g/mol. The van der Waals surface area contributed by atoms with Crippen molar-refractivity contribution in [2.45, 2.75) is 0 Å². The number of nitrogens with zero attached hydrogens (tertiary/aromatic N) is 1. The Morgan fingerprint density at radius 1 is 1.10 bits per heavy atom. The van der Waals surface area contributed by atoms with Crippen molar-refractivity contribution in [2.24, 2.45) is 5.73 Å². The Hall–Kier alpha value is -1.98. The van der Waals surface area contributed by atoms with Crippen LogP contribution in [-0.2, 0) is 0 Å². The molecule has 5 heteroatoms. The largest absolute Gasteiger partial charge is 0.389 e. The predicted molar refractivity (Wildman–Crippen MR) is 95.1 cm³/mol. The zero-order valence-corrected chi connectivity index (χ0v) is 13.4. The first-order chi connectivity index (χ1) is 10.1. The number of halogens is 1. The van der Waals surface area contributed by atoms with Gasteiger partial charge in [0.1, 0.15) is 4.99 Å². The Labute approximate surface area is 136 Å². The summed E-state index contributed by atoms with van der Waals surface area (Å²) >= 11 is 8.56. The van der Waals surface area contributed by atoms with E-state index < -0.39 is 0 Å². The fraction of sp³-hybridized carbons (Fsp3) is 0. The van der Waals surface area contributed by atoms with E-state index in [1.54, 1.807) is 6.20 Å². The average molecular weight is 358 g/mol. The van der Waals surface area contributed by atoms with Gasteiger partial charge < -0.3 is 11.1 Å². The number of nitrogens with two attached hydrogens (primary N) is 1. The van der Waals surface area contributed by atoms with E-state index in [9.17, 15) is 0 Å². The molecular formula is C16H12BrN3S. The quantitative estimate of drug-likeness (QED) is 0.683. The highest BCUT2D eigenvalue weighted by molar-refractivity contribution is 9.10. The molecule has 0 aliphatic heterocycles. The van der Waals surface area contributed by atoms with E-state index in [0.29, 0.717) is 4.99 Å². The fourth-order valence-electron chi connectivity index (χ4n) is 2.19. The SMILES string of the molecule is NC(=S)c1cc(Br)ccc1Nc1cccc2ncccc12. The lowest BCUT2D eigenvalue weighted by Gasteiger charge is -2.13. The van der Waals surface area contributed by atoms with Crippen LogP contribution in [0.25, 0.3) is 10.9 Å². The first-order valence-corrected chi connectivity index (χ1v) is 7.55. The molecule has 0 radical (unpaired) electrons. The molecule has 0 saturated carbocycles. The van der Waals surface area contributed by atoms with Crippen LogP contribution in [0.5, 0.6) is 0 Å². The Morgan fingerprint density at radius 2 is 1.95 bits per heavy atom. The molecule has 3 rings (SSSR count). The summed E-state index contributed by atoms with van der Waals surface area (Å²) in [4.78, 5) is 4.72. The fourth-order valence-corrected chi connectivity index (χ4v) is 2.72. The van der Waals surface area contributed by atoms with Gasteiger partial charge in [-0.25, -0.2) is 0 Å². The maximum absolute atomic E-state index is 5.81. The lowest BCUT2D eigenvalue weighted by Crippen LogP contribution is -2.12. The third-order valence-corrected chi connectivity index (χ3v) is 3.88. The number of anilines is 2. The minimum Gasteiger partial charge on any atom is -0.389 e. The smallest absolute Gasteiger partial charge is 0.106 e. The average Bonchev–Trinajstić information content (AvgIpc) is 2.49. The molecule has 0 aliphatic carbocycles. The molecule has 0 fully saturated rings. The van der Waals surface area contributed by atoms with Gasteiger partial charge in [-0.2, -0.15) is 0 Å². The summed E-state index contributed by atoms with van der Waals surface area (Å²) in [7, 11) is 0. The van der Waals surface area contributed by atoms with Crippen LogP contribution in [0.4, 0.5) is 11.4 Å². The molecule has 3 N–H and O–H groups in total. The summed E-state index contributed by atoms with van der Waals surface area (Å²) in [5.41, 5.74) is 9.40. The predicted octanol–water partition coefficient (Wildman–Crippen LogP) is 4.38. The van der Waals surface area contributed by atoms with E-state index >= 15 is 0 Å². The molecule has 0 saturated heterocycles. The molecule has 0 spiro atoms. The van der Waals surface area contributed by atoms with E-state index in [0.717, 1.165) is 32.3 Å². The molecular weight excluding hydrogens is 346 g/mol. The van der Waals surface area contributed by atoms with Gasteiger partial charge in [0.25, 0.3) is 0 Å². The highest BCUT2D eigenvalue weighted by Crippen LogP contribution is 2.28. The van der Waals surface area contributed by atoms with E-state index in [4.69, 9.17) is 18.0 Å². The van der Waals surface area contributed by atoms with Gasteiger partial charge in [0.15, 0.2) is 0 Å². The minimum absolute atomic E-state index is 0.358. The van der Waals surface area contributed by atoms with Crippen LogP contribution in [0.3, 0.4) is 0 Å². The molecule has 1 heterocycles. The molecule has 0 unspecified atom stereocenters. The maximum Gasteiger partial charge on any atom is 0.106 e. The topological polar surface area (TPSA) is 50.9 Å². The van der Waals surface area contributed by atoms with Crippen LogP contribution in [-0.4, -0.2) is 9.97 Å². The molecule has 3 nitrogen and oxygen atoms in total. The lowest BCUT2D eigenvalue weighted by molar-refractivity contribution is 1.41. The number of fused-ring (bicyclic) bond motifs is 1. The van der Waals surface area contributed by atoms with E-state index in [1.807, 2.05) is 48.5 Å². The summed E-state index contributed by atoms with van der Waals surface area (Å²) in [6.07, 6.45) is 1.78. The molecule has 0 amide bonds. The van der Waals surface area contributed by atoms with Gasteiger partial charge in [0.05, 0.1) is 5.52 Å². The van der Waals surface area contributed by atoms with Gasteiger partial charge in [0, 0.05) is 33.0 Å². The summed E-state index contributed by atoms with van der Waals surface area (Å²) in [6, 6.07) is 15.7. The number of hydrogen-bond acceptors (Lipinski definition) is 3. The summed E-state index contributed by atoms with van der Waals surface area (Å²) in [6.45, 7) is 0. The molecule has 3 aromatic rings. The molecule has 0 bridgehead atoms. The Morgan fingerprint density at radius 3 is 2.76 bits per heavy atom. The standard InChI is InChI=1S/C16H12BrN3S/c17-10-6-7-15(12(9-10)16(18)21)20-14-5-1-4-13-11(14)3-2-8-19-13/h1-9,20H,(H2,18,21). The van der Waals surface area contributed by atoms with Gasteiger partial charge in [0.2, 0.25) is 0 Å². The lowest BCUT2D eigenvalue weighted by atomic mass is 10.1. The number of pyridine rings is 1. The van der Waals surface area contributed by atoms with Gasteiger partial charge in [-0.15, -0.1) is 0 Å². The molecule has 0 aliphatic rings. The van der Waals surface area contributed by atoms with Crippen LogP contribution in [0.1, 0.15) is 5.56 Å². The number of aromatic nitrogens is 1. The van der Waals surface area contributed by atoms with Crippen molar-refractivity contribution < 1.29 is 0 Å². The molecule has 0 atom stereocenters. The number of rotatable bonds is 3. The number of benzene rings is 2. The Balaban J connectivity index is 2.09. The van der Waals surface area contributed by atoms with Crippen molar-refractivity contribution >= 4 is 55.4 Å². The molecule has 1 aromatic heterocycles. The van der Waals surface area contributed by atoms with Crippen LogP contribution < -0.4 is 11.1 Å². The highest BCUT2D eigenvalue weighted by atomic mass is 79.9. The first kappa shape index (κ1) is 14.0. The van der Waals surface area contributed by atoms with Crippen molar-refractivity contribution in [1.82, 2.24) is 4.98 Å². The van der Waals surface area contributed by atoms with Crippen LogP contribution in [0.2, 0.25) is 0 Å². The van der Waals surface area contributed by atoms with Crippen molar-refractivity contribution in [3.8, 4) is 0 Å². The van der Waals surface area contributed by atoms with Crippen molar-refractivity contribution in [1.29, 1.82) is 0 Å². The van der Waals surface area contributed by atoms with Crippen LogP contribution >= 0.6 is 28.1 Å². The third kappa shape index (κ3) is 2.89. The van der Waals surface area contributed by atoms with Crippen molar-refractivity contribution in [3.63, 3.8) is 0 Å². The molecule has 104 valence electrons. The Bertz CT molecular complexity index is 827. The van der Waals surface area contributed by atoms with Crippen LogP contribution in [0.15, 0.2) is 59.2 Å². The summed E-state index contributed by atoms with van der Waals surface area (Å²) < 4.78 is 0.940. The van der Waals surface area contributed by atoms with Crippen LogP contribution in [0, 0.1) is 0 Å². The zero-order chi connectivity index (χ0) is 14.8. The highest BCUT2D eigenvalue weighted by Gasteiger charge is 2.08. The zero-order valence-electron chi connectivity index (χ0n) is 11.0. The van der Waals surface area contributed by atoms with Gasteiger partial charge in [-0.1, -0.05) is 34.2 Å². The minimum atomic E-state index is 0.358. The molecule has 21 heavy (non-hydrogen) atoms. The van der Waals surface area contributed by atoms with Gasteiger partial charge in [-0.05, 0) is 42.5 Å². The number of thiocarbonyl (C=S) groups is 1. The normalized spacial score (nSPS) is 10.5. The van der Waals surface area contributed by atoms with E-state index in [2.05, 4.69) is 26.2 Å². The van der Waals surface area contributed by atoms with Crippen molar-refractivity contribution in [3.05, 3.63) is 64.8 Å². The van der Waals surface area contributed by atoms with Gasteiger partial charge in [-0.3, -0.25) is 4.98 Å². The van der Waals surface area contributed by atoms with Crippen molar-refractivity contribution in [2.75, 3.05) is 5.32 Å². The molecule has 2 aromatic carbocycles. The number of hydrogen-bond donors (Lipinski definition) is 2. The number of nitrogens with one attached hydrogen (secondary N) is 1. The second-order valence-electron chi connectivity index (χ2n) is 4.55. The van der Waals surface area contributed by atoms with E-state index in [-0.39, 0.29) is 0 Å². The Kier molecular flexibility index (Phi) is 3.86. The third-order valence-electron chi connectivity index (χ3n) is 3.16. The first-order valence-electron chi connectivity index (χ1n) is 6.35. The van der Waals surface area contributed by atoms with Gasteiger partial charge >= 0.3 is 0 Å². The summed E-state index contributed by atoms with van der Waals surface area (Å²) in [5, 5.41) is 4.45. The maximum atomic E-state index is 5.81. The second kappa shape index (κ2) is 5.79. The van der Waals surface area contributed by atoms with E-state index in [1.165, 1.54) is 0 Å².